The molecule has 2 aromatic rings. The number of carbonyl (C=O) groups excluding carboxylic acids is 3. The van der Waals surface area contributed by atoms with Gasteiger partial charge in [0, 0.05) is 40.5 Å². The van der Waals surface area contributed by atoms with Gasteiger partial charge in [-0.1, -0.05) is 17.7 Å². The first-order chi connectivity index (χ1) is 15.2. The third-order valence-corrected chi connectivity index (χ3v) is 7.31. The van der Waals surface area contributed by atoms with Gasteiger partial charge in [0.1, 0.15) is 6.04 Å². The predicted octanol–water partition coefficient (Wildman–Crippen LogP) is 2.65. The van der Waals surface area contributed by atoms with Crippen LogP contribution >= 0.6 is 22.9 Å². The molecule has 8 nitrogen and oxygen atoms in total. The number of amides is 3. The quantitative estimate of drug-likeness (QED) is 0.377. The van der Waals surface area contributed by atoms with E-state index in [1.165, 1.54) is 11.3 Å². The van der Waals surface area contributed by atoms with Crippen molar-refractivity contribution in [2.75, 3.05) is 5.32 Å². The minimum absolute atomic E-state index is 0.194. The third kappa shape index (κ3) is 4.52. The van der Waals surface area contributed by atoms with Crippen molar-refractivity contribution in [2.45, 2.75) is 58.6 Å². The Morgan fingerprint density at radius 2 is 2.06 bits per heavy atom. The number of benzene rings is 1. The van der Waals surface area contributed by atoms with Crippen molar-refractivity contribution in [2.24, 2.45) is 0 Å². The third-order valence-electron chi connectivity index (χ3n) is 5.88. The average Bonchev–Trinajstić information content (AvgIpc) is 3.22. The van der Waals surface area contributed by atoms with Crippen LogP contribution in [0.1, 0.15) is 51.2 Å². The van der Waals surface area contributed by atoms with E-state index in [9.17, 15) is 19.5 Å². The Kier molecular flexibility index (Phi) is 6.52. The number of imide groups is 1. The van der Waals surface area contributed by atoms with Crippen molar-refractivity contribution < 1.29 is 19.5 Å². The summed E-state index contributed by atoms with van der Waals surface area (Å²) in [6.45, 7) is 4.52. The first-order valence-corrected chi connectivity index (χ1v) is 11.7. The lowest BCUT2D eigenvalue weighted by atomic mass is 10.1. The Morgan fingerprint density at radius 1 is 1.28 bits per heavy atom. The second-order valence-electron chi connectivity index (χ2n) is 8.15. The fraction of sp³-hybridized carbons (Fsp3) is 0.409. The smallest absolute Gasteiger partial charge is 0.256 e. The van der Waals surface area contributed by atoms with E-state index in [-0.39, 0.29) is 18.2 Å². The molecule has 4 N–H and O–H groups in total. The van der Waals surface area contributed by atoms with E-state index < -0.39 is 18.3 Å². The molecule has 3 heterocycles. The molecule has 0 bridgehead atoms. The maximum Gasteiger partial charge on any atom is 0.256 e. The lowest BCUT2D eigenvalue weighted by Crippen LogP contribution is -2.47. The number of nitrogens with one attached hydrogen (secondary N) is 3. The molecule has 1 saturated heterocycles. The number of thiophene rings is 1. The number of hydrogen-bond acceptors (Lipinski definition) is 7. The summed E-state index contributed by atoms with van der Waals surface area (Å²) < 4.78 is 0. The fourth-order valence-electron chi connectivity index (χ4n) is 4.11. The number of halogens is 1. The van der Waals surface area contributed by atoms with Crippen LogP contribution in [-0.2, 0) is 22.7 Å². The molecule has 0 saturated carbocycles. The van der Waals surface area contributed by atoms with E-state index in [0.717, 1.165) is 27.3 Å². The number of aryl methyl sites for hydroxylation is 2. The summed E-state index contributed by atoms with van der Waals surface area (Å²) in [6, 6.07) is 3.08. The van der Waals surface area contributed by atoms with Gasteiger partial charge in [-0.15, -0.1) is 11.3 Å². The highest BCUT2D eigenvalue weighted by Crippen LogP contribution is 2.34. The van der Waals surface area contributed by atoms with Crippen molar-refractivity contribution in [3.8, 4) is 0 Å². The monoisotopic (exact) mass is 476 g/mol. The number of fused-ring (bicyclic) bond motifs is 1. The molecule has 1 aromatic heterocycles. The molecule has 0 radical (unpaired) electrons. The molecule has 1 unspecified atom stereocenters. The predicted molar refractivity (Wildman–Crippen MR) is 122 cm³/mol. The molecule has 2 atom stereocenters. The van der Waals surface area contributed by atoms with Gasteiger partial charge in [-0.2, -0.15) is 0 Å². The highest BCUT2D eigenvalue weighted by Gasteiger charge is 2.39. The summed E-state index contributed by atoms with van der Waals surface area (Å²) in [7, 11) is 0. The van der Waals surface area contributed by atoms with Crippen LogP contribution in [0.15, 0.2) is 17.5 Å². The van der Waals surface area contributed by atoms with Crippen molar-refractivity contribution in [3.05, 3.63) is 49.7 Å². The van der Waals surface area contributed by atoms with Crippen LogP contribution in [0.4, 0.5) is 5.69 Å². The molecule has 0 spiro atoms. The van der Waals surface area contributed by atoms with Gasteiger partial charge in [0.05, 0.1) is 5.56 Å². The molecule has 1 aromatic carbocycles. The number of aliphatic hydroxyl groups excluding tert-OH is 1. The number of hydrogen-bond donors (Lipinski definition) is 4. The lowest BCUT2D eigenvalue weighted by Gasteiger charge is -2.25. The molecular formula is C22H25ClN4O4S. The highest BCUT2D eigenvalue weighted by atomic mass is 35.5. The van der Waals surface area contributed by atoms with Gasteiger partial charge in [-0.25, -0.2) is 0 Å². The van der Waals surface area contributed by atoms with Crippen LogP contribution in [0.5, 0.6) is 0 Å². The van der Waals surface area contributed by atoms with Gasteiger partial charge >= 0.3 is 0 Å². The summed E-state index contributed by atoms with van der Waals surface area (Å²) in [4.78, 5) is 39.4. The van der Waals surface area contributed by atoms with Gasteiger partial charge in [-0.3, -0.25) is 25.0 Å². The topological polar surface area (TPSA) is 111 Å². The molecule has 1 fully saturated rings. The second-order valence-corrected chi connectivity index (χ2v) is 9.52. The van der Waals surface area contributed by atoms with E-state index >= 15 is 0 Å². The van der Waals surface area contributed by atoms with Gasteiger partial charge < -0.3 is 15.3 Å². The summed E-state index contributed by atoms with van der Waals surface area (Å²) in [6.07, 6.45) is 0.299. The average molecular weight is 477 g/mol. The van der Waals surface area contributed by atoms with Crippen LogP contribution in [0, 0.1) is 13.8 Å². The molecule has 2 aliphatic rings. The number of anilines is 1. The number of carbonyl (C=O) groups is 3. The van der Waals surface area contributed by atoms with E-state index in [1.54, 1.807) is 16.3 Å². The first kappa shape index (κ1) is 22.7. The maximum absolute atomic E-state index is 12.9. The van der Waals surface area contributed by atoms with Crippen molar-refractivity contribution in [1.29, 1.82) is 0 Å². The summed E-state index contributed by atoms with van der Waals surface area (Å²) in [5.41, 5.74) is 4.10. The zero-order valence-corrected chi connectivity index (χ0v) is 19.4. The summed E-state index contributed by atoms with van der Waals surface area (Å²) in [5.74, 6) is -0.906. The normalized spacial score (nSPS) is 19.6. The van der Waals surface area contributed by atoms with Gasteiger partial charge in [0.25, 0.3) is 5.91 Å². The van der Waals surface area contributed by atoms with Crippen LogP contribution < -0.4 is 16.0 Å². The Morgan fingerprint density at radius 3 is 2.84 bits per heavy atom. The zero-order valence-electron chi connectivity index (χ0n) is 17.8. The van der Waals surface area contributed by atoms with E-state index in [2.05, 4.69) is 16.0 Å². The van der Waals surface area contributed by atoms with E-state index in [0.29, 0.717) is 36.5 Å². The molecular weight excluding hydrogens is 452 g/mol. The lowest BCUT2D eigenvalue weighted by molar-refractivity contribution is -0.132. The van der Waals surface area contributed by atoms with Gasteiger partial charge in [0.2, 0.25) is 11.8 Å². The molecule has 170 valence electrons. The number of aliphatic hydroxyl groups is 1. The zero-order chi connectivity index (χ0) is 23.0. The Labute approximate surface area is 194 Å². The molecule has 10 heteroatoms. The van der Waals surface area contributed by atoms with Crippen LogP contribution in [0.3, 0.4) is 0 Å². The molecule has 2 aliphatic heterocycles. The maximum atomic E-state index is 12.9. The largest absolute Gasteiger partial charge is 0.361 e. The Hall–Kier alpha value is -2.46. The minimum Gasteiger partial charge on any atom is -0.361 e. The SMILES string of the molecule is Cc1cc(C)c(NC(O)NCc2scc3c2CN([C@H]2CCCC(=O)NC2=O)C3=O)cc1Cl. The summed E-state index contributed by atoms with van der Waals surface area (Å²) >= 11 is 7.63. The second kappa shape index (κ2) is 9.19. The highest BCUT2D eigenvalue weighted by molar-refractivity contribution is 7.10. The van der Waals surface area contributed by atoms with Crippen LogP contribution in [-0.4, -0.2) is 40.1 Å². The standard InChI is InChI=1S/C22H25ClN4O4S/c1-11-6-12(2)16(7-15(11)23)25-22(31)24-8-18-13-9-27(21(30)14(13)10-32-18)17-4-3-5-19(28)26-20(17)29/h6-7,10,17,22,24-25,31H,3-5,8-9H2,1-2H3,(H,26,28,29)/t17-,22?/m0/s1. The molecule has 32 heavy (non-hydrogen) atoms. The number of nitrogens with zero attached hydrogens (tertiary/aromatic N) is 1. The fourth-order valence-corrected chi connectivity index (χ4v) is 5.26. The van der Waals surface area contributed by atoms with E-state index in [1.807, 2.05) is 19.9 Å². The van der Waals surface area contributed by atoms with Gasteiger partial charge in [0.15, 0.2) is 6.35 Å². The van der Waals surface area contributed by atoms with Gasteiger partial charge in [-0.05, 0) is 49.4 Å². The molecule has 4 rings (SSSR count). The Bertz CT molecular complexity index is 1090. The summed E-state index contributed by atoms with van der Waals surface area (Å²) in [5, 5.41) is 21.2. The van der Waals surface area contributed by atoms with Crippen LogP contribution in [0.25, 0.3) is 0 Å². The Balaban J connectivity index is 1.41. The number of rotatable bonds is 6. The van der Waals surface area contributed by atoms with Crippen LogP contribution in [0.2, 0.25) is 5.02 Å². The first-order valence-electron chi connectivity index (χ1n) is 10.4. The minimum atomic E-state index is -1.02. The molecule has 0 aliphatic carbocycles. The van der Waals surface area contributed by atoms with E-state index in [4.69, 9.17) is 11.6 Å². The van der Waals surface area contributed by atoms with Crippen molar-refractivity contribution in [1.82, 2.24) is 15.5 Å². The van der Waals surface area contributed by atoms with Crippen molar-refractivity contribution >= 4 is 46.3 Å². The van der Waals surface area contributed by atoms with Crippen molar-refractivity contribution in [3.63, 3.8) is 0 Å². The molecule has 3 amide bonds.